The number of hydrogen-bond donors (Lipinski definition) is 1. The van der Waals surface area contributed by atoms with Gasteiger partial charge in [0.1, 0.15) is 11.4 Å². The summed E-state index contributed by atoms with van der Waals surface area (Å²) in [5, 5.41) is 12.9. The minimum atomic E-state index is -1.51. The Balaban J connectivity index is 3.06. The van der Waals surface area contributed by atoms with Gasteiger partial charge in [-0.15, -0.1) is 11.6 Å². The van der Waals surface area contributed by atoms with Crippen LogP contribution in [0, 0.1) is 21.7 Å². The molecule has 9 heteroatoms. The Labute approximate surface area is 124 Å². The Bertz CT molecular complexity index is 536. The SMILES string of the molecule is COCC(CCCl)NC(=O)c1c(F)ccc([N+](=O)[O-])c1F. The van der Waals surface area contributed by atoms with E-state index in [2.05, 4.69) is 5.32 Å². The second-order valence-electron chi connectivity index (χ2n) is 4.12. The topological polar surface area (TPSA) is 81.5 Å². The third-order valence-corrected chi connectivity index (χ3v) is 2.87. The lowest BCUT2D eigenvalue weighted by Gasteiger charge is -2.17. The number of rotatable bonds is 7. The number of hydrogen-bond acceptors (Lipinski definition) is 4. The van der Waals surface area contributed by atoms with Crippen LogP contribution in [0.2, 0.25) is 0 Å². The highest BCUT2D eigenvalue weighted by Gasteiger charge is 2.27. The van der Waals surface area contributed by atoms with Crippen molar-refractivity contribution in [2.24, 2.45) is 0 Å². The molecule has 0 saturated carbocycles. The first-order chi connectivity index (χ1) is 9.92. The summed E-state index contributed by atoms with van der Waals surface area (Å²) < 4.78 is 32.3. The predicted molar refractivity (Wildman–Crippen MR) is 71.5 cm³/mol. The van der Waals surface area contributed by atoms with Gasteiger partial charge in [0.15, 0.2) is 0 Å². The number of benzene rings is 1. The van der Waals surface area contributed by atoms with Crippen molar-refractivity contribution >= 4 is 23.2 Å². The summed E-state index contributed by atoms with van der Waals surface area (Å²) in [5.41, 5.74) is -1.97. The molecule has 116 valence electrons. The maximum absolute atomic E-state index is 13.9. The van der Waals surface area contributed by atoms with Gasteiger partial charge in [-0.1, -0.05) is 0 Å². The van der Waals surface area contributed by atoms with E-state index in [1.165, 1.54) is 7.11 Å². The smallest absolute Gasteiger partial charge is 0.305 e. The fourth-order valence-corrected chi connectivity index (χ4v) is 1.94. The number of nitrogens with zero attached hydrogens (tertiary/aromatic N) is 1. The molecule has 0 heterocycles. The Morgan fingerprint density at radius 1 is 1.52 bits per heavy atom. The van der Waals surface area contributed by atoms with Crippen LogP contribution in [0.3, 0.4) is 0 Å². The number of halogens is 3. The van der Waals surface area contributed by atoms with Crippen molar-refractivity contribution in [1.29, 1.82) is 0 Å². The van der Waals surface area contributed by atoms with Crippen LogP contribution in [-0.2, 0) is 4.74 Å². The highest BCUT2D eigenvalue weighted by atomic mass is 35.5. The lowest BCUT2D eigenvalue weighted by molar-refractivity contribution is -0.387. The number of carbonyl (C=O) groups excluding carboxylic acids is 1. The van der Waals surface area contributed by atoms with Crippen LogP contribution >= 0.6 is 11.6 Å². The van der Waals surface area contributed by atoms with Gasteiger partial charge in [-0.3, -0.25) is 14.9 Å². The fraction of sp³-hybridized carbons (Fsp3) is 0.417. The predicted octanol–water partition coefficient (Wildman–Crippen LogP) is 2.25. The number of amides is 1. The number of ether oxygens (including phenoxy) is 1. The molecule has 0 aliphatic heterocycles. The van der Waals surface area contributed by atoms with Crippen LogP contribution in [0.4, 0.5) is 14.5 Å². The van der Waals surface area contributed by atoms with E-state index in [1.54, 1.807) is 0 Å². The van der Waals surface area contributed by atoms with Crippen molar-refractivity contribution < 1.29 is 23.2 Å². The molecule has 21 heavy (non-hydrogen) atoms. The van der Waals surface area contributed by atoms with Crippen molar-refractivity contribution in [1.82, 2.24) is 5.32 Å². The summed E-state index contributed by atoms with van der Waals surface area (Å²) in [5.74, 6) is -3.59. The van der Waals surface area contributed by atoms with E-state index >= 15 is 0 Å². The zero-order chi connectivity index (χ0) is 16.0. The van der Waals surface area contributed by atoms with Crippen molar-refractivity contribution in [3.05, 3.63) is 39.4 Å². The molecule has 1 atom stereocenters. The zero-order valence-corrected chi connectivity index (χ0v) is 11.8. The van der Waals surface area contributed by atoms with Crippen molar-refractivity contribution in [2.45, 2.75) is 12.5 Å². The minimum Gasteiger partial charge on any atom is -0.383 e. The standard InChI is InChI=1S/C12H13ClF2N2O4/c1-21-6-7(4-5-13)16-12(18)10-8(14)2-3-9(11(10)15)17(19)20/h2-3,7H,4-6H2,1H3,(H,16,18). The molecule has 0 spiro atoms. The van der Waals surface area contributed by atoms with Crippen molar-refractivity contribution in [3.63, 3.8) is 0 Å². The second kappa shape index (κ2) is 7.84. The van der Waals surface area contributed by atoms with Crippen LogP contribution in [0.15, 0.2) is 12.1 Å². The van der Waals surface area contributed by atoms with Crippen LogP contribution < -0.4 is 5.32 Å². The summed E-state index contributed by atoms with van der Waals surface area (Å²) in [6.45, 7) is 0.0939. The quantitative estimate of drug-likeness (QED) is 0.474. The number of carbonyl (C=O) groups is 1. The van der Waals surface area contributed by atoms with Gasteiger partial charge < -0.3 is 10.1 Å². The number of nitro benzene ring substituents is 1. The van der Waals surface area contributed by atoms with Crippen molar-refractivity contribution in [3.8, 4) is 0 Å². The highest BCUT2D eigenvalue weighted by molar-refractivity contribution is 6.17. The Morgan fingerprint density at radius 3 is 2.71 bits per heavy atom. The third kappa shape index (κ3) is 4.33. The molecule has 0 aliphatic rings. The normalized spacial score (nSPS) is 12.0. The molecule has 1 N–H and O–H groups in total. The summed E-state index contributed by atoms with van der Waals surface area (Å²) in [7, 11) is 1.39. The lowest BCUT2D eigenvalue weighted by atomic mass is 10.1. The Kier molecular flexibility index (Phi) is 6.44. The first-order valence-electron chi connectivity index (χ1n) is 5.90. The maximum atomic E-state index is 13.9. The largest absolute Gasteiger partial charge is 0.383 e. The fourth-order valence-electron chi connectivity index (χ4n) is 1.68. The third-order valence-electron chi connectivity index (χ3n) is 2.66. The van der Waals surface area contributed by atoms with Gasteiger partial charge in [0, 0.05) is 19.1 Å². The molecule has 0 radical (unpaired) electrons. The van der Waals surface area contributed by atoms with Crippen molar-refractivity contribution in [2.75, 3.05) is 19.6 Å². The number of nitro groups is 1. The average molecular weight is 323 g/mol. The number of alkyl halides is 1. The first-order valence-corrected chi connectivity index (χ1v) is 6.44. The number of nitrogens with one attached hydrogen (secondary N) is 1. The summed E-state index contributed by atoms with van der Waals surface area (Å²) in [6.07, 6.45) is 0.319. The molecule has 1 aromatic carbocycles. The molecule has 6 nitrogen and oxygen atoms in total. The van der Waals surface area contributed by atoms with Crippen LogP contribution in [-0.4, -0.2) is 36.5 Å². The average Bonchev–Trinajstić information content (AvgIpc) is 2.38. The van der Waals surface area contributed by atoms with E-state index in [9.17, 15) is 23.7 Å². The molecule has 0 saturated heterocycles. The van der Waals surface area contributed by atoms with Crippen LogP contribution in [0.1, 0.15) is 16.8 Å². The Hall–Kier alpha value is -1.80. The second-order valence-corrected chi connectivity index (χ2v) is 4.49. The van der Waals surface area contributed by atoms with E-state index in [-0.39, 0.29) is 12.5 Å². The molecule has 1 amide bonds. The molecule has 0 bridgehead atoms. The van der Waals surface area contributed by atoms with Gasteiger partial charge in [-0.2, -0.15) is 4.39 Å². The molecular weight excluding hydrogens is 310 g/mol. The van der Waals surface area contributed by atoms with Gasteiger partial charge in [0.2, 0.25) is 5.82 Å². The lowest BCUT2D eigenvalue weighted by Crippen LogP contribution is -2.39. The summed E-state index contributed by atoms with van der Waals surface area (Å²) in [4.78, 5) is 21.5. The molecule has 1 unspecified atom stereocenters. The molecule has 1 aromatic rings. The summed E-state index contributed by atoms with van der Waals surface area (Å²) >= 11 is 5.55. The minimum absolute atomic E-state index is 0.0939. The van der Waals surface area contributed by atoms with Gasteiger partial charge in [0.25, 0.3) is 5.91 Å². The van der Waals surface area contributed by atoms with E-state index in [1.807, 2.05) is 0 Å². The number of methoxy groups -OCH3 is 1. The molecule has 0 aromatic heterocycles. The van der Waals surface area contributed by atoms with Gasteiger partial charge in [0.05, 0.1) is 17.6 Å². The van der Waals surface area contributed by atoms with Gasteiger partial charge >= 0.3 is 5.69 Å². The first kappa shape index (κ1) is 17.3. The van der Waals surface area contributed by atoms with Crippen LogP contribution in [0.25, 0.3) is 0 Å². The highest BCUT2D eigenvalue weighted by Crippen LogP contribution is 2.23. The van der Waals surface area contributed by atoms with E-state index < -0.39 is 39.8 Å². The molecule has 1 rings (SSSR count). The molecule has 0 fully saturated rings. The van der Waals surface area contributed by atoms with Gasteiger partial charge in [-0.05, 0) is 12.5 Å². The monoisotopic (exact) mass is 322 g/mol. The maximum Gasteiger partial charge on any atom is 0.305 e. The van der Waals surface area contributed by atoms with E-state index in [4.69, 9.17) is 16.3 Å². The van der Waals surface area contributed by atoms with Gasteiger partial charge in [-0.25, -0.2) is 4.39 Å². The van der Waals surface area contributed by atoms with Crippen LogP contribution in [0.5, 0.6) is 0 Å². The Morgan fingerprint density at radius 2 is 2.19 bits per heavy atom. The molecule has 0 aliphatic carbocycles. The summed E-state index contributed by atoms with van der Waals surface area (Å²) in [6, 6.07) is 0.772. The van der Waals surface area contributed by atoms with E-state index in [0.29, 0.717) is 18.6 Å². The molecular formula is C12H13ClF2N2O4. The zero-order valence-electron chi connectivity index (χ0n) is 11.1. The van der Waals surface area contributed by atoms with E-state index in [0.717, 1.165) is 0 Å².